The number of carbonyl (C=O) groups is 1. The number of carbonyl (C=O) groups excluding carboxylic acids is 1. The highest BCUT2D eigenvalue weighted by Crippen LogP contribution is 2.27. The first kappa shape index (κ1) is 23.8. The topological polar surface area (TPSA) is 107 Å². The number of aromatic hydroxyl groups is 1. The molecule has 3 heterocycles. The first-order chi connectivity index (χ1) is 17.5. The molecule has 2 aliphatic heterocycles. The van der Waals surface area contributed by atoms with Crippen LogP contribution in [0.2, 0.25) is 0 Å². The summed E-state index contributed by atoms with van der Waals surface area (Å²) in [5, 5.41) is 16.4. The number of rotatable bonds is 6. The number of hydrogen-bond donors (Lipinski definition) is 3. The number of aromatic nitrogens is 3. The lowest BCUT2D eigenvalue weighted by atomic mass is 10.1. The third-order valence-electron chi connectivity index (χ3n) is 6.49. The van der Waals surface area contributed by atoms with E-state index in [1.54, 1.807) is 6.07 Å². The summed E-state index contributed by atoms with van der Waals surface area (Å²) in [6, 6.07) is 10.1. The Bertz CT molecular complexity index is 1170. The number of amides is 1. The molecule has 0 saturated carbocycles. The highest BCUT2D eigenvalue weighted by atomic mass is 19.1. The third kappa shape index (κ3) is 5.64. The molecule has 0 aliphatic carbocycles. The monoisotopic (exact) mass is 491 g/mol. The average Bonchev–Trinajstić information content (AvgIpc) is 2.91. The van der Waals surface area contributed by atoms with Gasteiger partial charge in [0.05, 0.1) is 5.56 Å². The molecule has 0 radical (unpaired) electrons. The van der Waals surface area contributed by atoms with Gasteiger partial charge >= 0.3 is 0 Å². The van der Waals surface area contributed by atoms with Crippen LogP contribution in [-0.4, -0.2) is 52.1 Å². The van der Waals surface area contributed by atoms with E-state index in [1.165, 1.54) is 49.2 Å². The first-order valence-electron chi connectivity index (χ1n) is 12.5. The third-order valence-corrected chi connectivity index (χ3v) is 6.49. The van der Waals surface area contributed by atoms with Gasteiger partial charge in [0.2, 0.25) is 17.8 Å². The van der Waals surface area contributed by atoms with E-state index in [2.05, 4.69) is 30.4 Å². The maximum atomic E-state index is 13.1. The predicted octanol–water partition coefficient (Wildman–Crippen LogP) is 4.69. The molecule has 3 aromatic rings. The van der Waals surface area contributed by atoms with Crippen molar-refractivity contribution in [3.05, 3.63) is 53.8 Å². The molecule has 0 atom stereocenters. The SMILES string of the molecule is O=C(Nc1ccc(F)cc1)c1ccc(Nc2nc(N3CCCCC3)nc(N3CCCCC3)n2)cc1O. The van der Waals surface area contributed by atoms with E-state index >= 15 is 0 Å². The Labute approximate surface area is 209 Å². The molecular weight excluding hydrogens is 461 g/mol. The van der Waals surface area contributed by atoms with E-state index in [0.29, 0.717) is 29.2 Å². The van der Waals surface area contributed by atoms with E-state index in [0.717, 1.165) is 51.9 Å². The molecule has 9 nitrogen and oxygen atoms in total. The van der Waals surface area contributed by atoms with Crippen LogP contribution in [0.15, 0.2) is 42.5 Å². The lowest BCUT2D eigenvalue weighted by Crippen LogP contribution is -2.34. The minimum Gasteiger partial charge on any atom is -0.507 e. The summed E-state index contributed by atoms with van der Waals surface area (Å²) in [5.74, 6) is 0.636. The number of anilines is 5. The zero-order chi connectivity index (χ0) is 24.9. The number of piperidine rings is 2. The molecule has 0 bridgehead atoms. The van der Waals surface area contributed by atoms with Gasteiger partial charge in [0.15, 0.2) is 0 Å². The van der Waals surface area contributed by atoms with E-state index in [9.17, 15) is 14.3 Å². The maximum absolute atomic E-state index is 13.1. The summed E-state index contributed by atoms with van der Waals surface area (Å²) in [7, 11) is 0. The zero-order valence-corrected chi connectivity index (χ0v) is 20.1. The Morgan fingerprint density at radius 1 is 0.778 bits per heavy atom. The van der Waals surface area contributed by atoms with Gasteiger partial charge in [-0.05, 0) is 74.9 Å². The predicted molar refractivity (Wildman–Crippen MR) is 138 cm³/mol. The van der Waals surface area contributed by atoms with E-state index in [1.807, 2.05) is 0 Å². The first-order valence-corrected chi connectivity index (χ1v) is 12.5. The standard InChI is InChI=1S/C26H30FN7O2/c27-18-7-9-19(10-8-18)28-23(36)21-12-11-20(17-22(21)35)29-24-30-25(33-13-3-1-4-14-33)32-26(31-24)34-15-5-2-6-16-34/h7-12,17,35H,1-6,13-16H2,(H,28,36)(H,29,30,31,32). The van der Waals surface area contributed by atoms with Crippen molar-refractivity contribution < 1.29 is 14.3 Å². The van der Waals surface area contributed by atoms with Crippen LogP contribution in [0.25, 0.3) is 0 Å². The minimum absolute atomic E-state index is 0.100. The van der Waals surface area contributed by atoms with Gasteiger partial charge in [-0.3, -0.25) is 4.79 Å². The largest absolute Gasteiger partial charge is 0.507 e. The normalized spacial score (nSPS) is 16.0. The van der Waals surface area contributed by atoms with Crippen molar-refractivity contribution in [1.82, 2.24) is 15.0 Å². The van der Waals surface area contributed by atoms with Crippen molar-refractivity contribution in [2.24, 2.45) is 0 Å². The fraction of sp³-hybridized carbons (Fsp3) is 0.385. The number of halogens is 1. The molecule has 2 saturated heterocycles. The van der Waals surface area contributed by atoms with Gasteiger partial charge in [-0.15, -0.1) is 0 Å². The Morgan fingerprint density at radius 2 is 1.33 bits per heavy atom. The van der Waals surface area contributed by atoms with Gasteiger partial charge in [0, 0.05) is 43.6 Å². The second-order valence-corrected chi connectivity index (χ2v) is 9.17. The van der Waals surface area contributed by atoms with Gasteiger partial charge in [-0.1, -0.05) is 0 Å². The van der Waals surface area contributed by atoms with Crippen LogP contribution in [0.4, 0.5) is 33.6 Å². The van der Waals surface area contributed by atoms with Crippen molar-refractivity contribution in [2.45, 2.75) is 38.5 Å². The highest BCUT2D eigenvalue weighted by molar-refractivity contribution is 6.06. The average molecular weight is 492 g/mol. The van der Waals surface area contributed by atoms with Crippen LogP contribution >= 0.6 is 0 Å². The van der Waals surface area contributed by atoms with Crippen molar-refractivity contribution in [1.29, 1.82) is 0 Å². The summed E-state index contributed by atoms with van der Waals surface area (Å²) in [4.78, 5) is 31.1. The van der Waals surface area contributed by atoms with Crippen molar-refractivity contribution in [3.8, 4) is 5.75 Å². The Hall–Kier alpha value is -3.95. The summed E-state index contributed by atoms with van der Waals surface area (Å²) in [6.07, 6.45) is 6.88. The van der Waals surface area contributed by atoms with Gasteiger partial charge in [-0.2, -0.15) is 15.0 Å². The molecular formula is C26H30FN7O2. The second-order valence-electron chi connectivity index (χ2n) is 9.17. The van der Waals surface area contributed by atoms with E-state index in [4.69, 9.17) is 4.98 Å². The van der Waals surface area contributed by atoms with E-state index in [-0.39, 0.29) is 11.3 Å². The zero-order valence-electron chi connectivity index (χ0n) is 20.1. The van der Waals surface area contributed by atoms with Gasteiger partial charge in [0.25, 0.3) is 5.91 Å². The quantitative estimate of drug-likeness (QED) is 0.456. The van der Waals surface area contributed by atoms with E-state index < -0.39 is 11.7 Å². The van der Waals surface area contributed by atoms with Crippen LogP contribution < -0.4 is 20.4 Å². The number of phenols is 1. The second kappa shape index (κ2) is 10.8. The minimum atomic E-state index is -0.495. The molecule has 1 aromatic heterocycles. The number of hydrogen-bond acceptors (Lipinski definition) is 8. The summed E-state index contributed by atoms with van der Waals surface area (Å²) in [5.41, 5.74) is 1.08. The molecule has 0 unspecified atom stereocenters. The smallest absolute Gasteiger partial charge is 0.259 e. The fourth-order valence-corrected chi connectivity index (χ4v) is 4.54. The van der Waals surface area contributed by atoms with Crippen molar-refractivity contribution in [2.75, 3.05) is 46.6 Å². The Kier molecular flexibility index (Phi) is 7.11. The molecule has 2 aromatic carbocycles. The maximum Gasteiger partial charge on any atom is 0.259 e. The molecule has 188 valence electrons. The molecule has 5 rings (SSSR count). The highest BCUT2D eigenvalue weighted by Gasteiger charge is 2.21. The van der Waals surface area contributed by atoms with Crippen LogP contribution in [-0.2, 0) is 0 Å². The van der Waals surface area contributed by atoms with Crippen LogP contribution in [0.5, 0.6) is 5.75 Å². The lowest BCUT2D eigenvalue weighted by Gasteiger charge is -2.30. The molecule has 1 amide bonds. The molecule has 2 aliphatic rings. The molecule has 36 heavy (non-hydrogen) atoms. The van der Waals surface area contributed by atoms with Crippen LogP contribution in [0.1, 0.15) is 48.9 Å². The lowest BCUT2D eigenvalue weighted by molar-refractivity contribution is 0.102. The Morgan fingerprint density at radius 3 is 1.89 bits per heavy atom. The van der Waals surface area contributed by atoms with Crippen LogP contribution in [0.3, 0.4) is 0 Å². The Balaban J connectivity index is 1.36. The molecule has 0 spiro atoms. The number of nitrogens with zero attached hydrogens (tertiary/aromatic N) is 5. The number of nitrogens with one attached hydrogen (secondary N) is 2. The summed E-state index contributed by atoms with van der Waals surface area (Å²) >= 11 is 0. The fourth-order valence-electron chi connectivity index (χ4n) is 4.54. The number of benzene rings is 2. The van der Waals surface area contributed by atoms with Gasteiger partial charge < -0.3 is 25.5 Å². The van der Waals surface area contributed by atoms with Gasteiger partial charge in [-0.25, -0.2) is 4.39 Å². The van der Waals surface area contributed by atoms with Crippen molar-refractivity contribution >= 4 is 35.1 Å². The summed E-state index contributed by atoms with van der Waals surface area (Å²) in [6.45, 7) is 3.67. The molecule has 3 N–H and O–H groups in total. The van der Waals surface area contributed by atoms with Crippen LogP contribution in [0, 0.1) is 5.82 Å². The molecule has 10 heteroatoms. The van der Waals surface area contributed by atoms with Crippen molar-refractivity contribution in [3.63, 3.8) is 0 Å². The van der Waals surface area contributed by atoms with Gasteiger partial charge in [0.1, 0.15) is 11.6 Å². The molecule has 2 fully saturated rings. The number of phenolic OH excluding ortho intramolecular Hbond substituents is 1. The summed E-state index contributed by atoms with van der Waals surface area (Å²) < 4.78 is 13.1.